The van der Waals surface area contributed by atoms with Crippen molar-refractivity contribution in [3.05, 3.63) is 29.8 Å². The lowest BCUT2D eigenvalue weighted by molar-refractivity contribution is 0.167. The van der Waals surface area contributed by atoms with E-state index in [1.165, 1.54) is 10.5 Å². The summed E-state index contributed by atoms with van der Waals surface area (Å²) in [5.41, 5.74) is 1.61. The molecule has 1 N–H and O–H groups in total. The average Bonchev–Trinajstić information content (AvgIpc) is 2.24. The van der Waals surface area contributed by atoms with Crippen LogP contribution in [0.3, 0.4) is 0 Å². The molecule has 0 aliphatic carbocycles. The number of aliphatic hydroxyl groups is 1. The van der Waals surface area contributed by atoms with Gasteiger partial charge in [0.2, 0.25) is 0 Å². The Morgan fingerprint density at radius 2 is 1.88 bits per heavy atom. The minimum absolute atomic E-state index is 0.196. The van der Waals surface area contributed by atoms with Crippen molar-refractivity contribution in [3.63, 3.8) is 0 Å². The lowest BCUT2D eigenvalue weighted by Crippen LogP contribution is -2.15. The number of aryl methyl sites for hydroxylation is 1. The van der Waals surface area contributed by atoms with Gasteiger partial charge < -0.3 is 5.11 Å². The maximum Gasteiger partial charge on any atom is 0.0634 e. The minimum atomic E-state index is -0.196. The van der Waals surface area contributed by atoms with Crippen molar-refractivity contribution in [1.29, 1.82) is 0 Å². The van der Waals surface area contributed by atoms with Crippen LogP contribution in [-0.4, -0.2) is 17.0 Å². The van der Waals surface area contributed by atoms with E-state index in [2.05, 4.69) is 52.0 Å². The molecule has 1 unspecified atom stereocenters. The molecule has 1 aromatic carbocycles. The summed E-state index contributed by atoms with van der Waals surface area (Å²) in [7, 11) is 0. The van der Waals surface area contributed by atoms with Gasteiger partial charge in [0.25, 0.3) is 0 Å². The van der Waals surface area contributed by atoms with E-state index < -0.39 is 0 Å². The van der Waals surface area contributed by atoms with Gasteiger partial charge >= 0.3 is 0 Å². The molecule has 0 heterocycles. The Morgan fingerprint density at radius 1 is 1.24 bits per heavy atom. The molecule has 0 fully saturated rings. The SMILES string of the molecule is Cc1ccccc1SCC(O)CCC(C)(C)C. The quantitative estimate of drug-likeness (QED) is 0.790. The van der Waals surface area contributed by atoms with Crippen molar-refractivity contribution in [1.82, 2.24) is 0 Å². The molecule has 1 aromatic rings. The highest BCUT2D eigenvalue weighted by Crippen LogP contribution is 2.26. The van der Waals surface area contributed by atoms with Gasteiger partial charge in [0, 0.05) is 10.6 Å². The number of aliphatic hydroxyl groups excluding tert-OH is 1. The lowest BCUT2D eigenvalue weighted by Gasteiger charge is -2.20. The minimum Gasteiger partial charge on any atom is -0.392 e. The standard InChI is InChI=1S/C15H24OS/c1-12-7-5-6-8-14(12)17-11-13(16)9-10-15(2,3)4/h5-8,13,16H,9-11H2,1-4H3. The fraction of sp³-hybridized carbons (Fsp3) is 0.600. The van der Waals surface area contributed by atoms with Gasteiger partial charge in [0.1, 0.15) is 0 Å². The first-order chi connectivity index (χ1) is 7.88. The summed E-state index contributed by atoms with van der Waals surface area (Å²) in [5.74, 6) is 0.793. The van der Waals surface area contributed by atoms with Gasteiger partial charge in [-0.3, -0.25) is 0 Å². The number of thioether (sulfide) groups is 1. The molecule has 96 valence electrons. The predicted octanol–water partition coefficient (Wildman–Crippen LogP) is 4.27. The molecule has 1 nitrogen and oxygen atoms in total. The van der Waals surface area contributed by atoms with Crippen molar-refractivity contribution in [2.24, 2.45) is 5.41 Å². The number of benzene rings is 1. The van der Waals surface area contributed by atoms with E-state index in [1.54, 1.807) is 11.8 Å². The highest BCUT2D eigenvalue weighted by atomic mass is 32.2. The van der Waals surface area contributed by atoms with Crippen LogP contribution in [0.5, 0.6) is 0 Å². The lowest BCUT2D eigenvalue weighted by atomic mass is 9.89. The summed E-state index contributed by atoms with van der Waals surface area (Å²) in [6.45, 7) is 8.76. The number of rotatable bonds is 5. The first kappa shape index (κ1) is 14.6. The van der Waals surface area contributed by atoms with Gasteiger partial charge in [-0.15, -0.1) is 11.8 Å². The zero-order valence-electron chi connectivity index (χ0n) is 11.4. The summed E-state index contributed by atoms with van der Waals surface area (Å²) < 4.78 is 0. The average molecular weight is 252 g/mol. The van der Waals surface area contributed by atoms with E-state index in [-0.39, 0.29) is 6.10 Å². The molecule has 0 bridgehead atoms. The molecule has 0 aliphatic heterocycles. The van der Waals surface area contributed by atoms with Crippen LogP contribution in [0.4, 0.5) is 0 Å². The van der Waals surface area contributed by atoms with Crippen molar-refractivity contribution in [3.8, 4) is 0 Å². The third kappa shape index (κ3) is 6.13. The molecule has 1 atom stereocenters. The Kier molecular flexibility index (Phi) is 5.54. The summed E-state index contributed by atoms with van der Waals surface area (Å²) in [5, 5.41) is 9.94. The zero-order valence-corrected chi connectivity index (χ0v) is 12.2. The van der Waals surface area contributed by atoms with Crippen LogP contribution in [-0.2, 0) is 0 Å². The smallest absolute Gasteiger partial charge is 0.0634 e. The third-order valence-electron chi connectivity index (χ3n) is 2.75. The molecule has 1 rings (SSSR count). The zero-order chi connectivity index (χ0) is 12.9. The van der Waals surface area contributed by atoms with E-state index in [4.69, 9.17) is 0 Å². The normalized spacial score (nSPS) is 13.7. The van der Waals surface area contributed by atoms with Crippen LogP contribution in [0.25, 0.3) is 0 Å². The van der Waals surface area contributed by atoms with E-state index in [0.717, 1.165) is 18.6 Å². The summed E-state index contributed by atoms with van der Waals surface area (Å²) in [6, 6.07) is 8.34. The van der Waals surface area contributed by atoms with Crippen LogP contribution in [0, 0.1) is 12.3 Å². The highest BCUT2D eigenvalue weighted by Gasteiger charge is 2.13. The van der Waals surface area contributed by atoms with E-state index in [0.29, 0.717) is 5.41 Å². The molecular formula is C15H24OS. The molecular weight excluding hydrogens is 228 g/mol. The van der Waals surface area contributed by atoms with Crippen molar-refractivity contribution >= 4 is 11.8 Å². The summed E-state index contributed by atoms with van der Waals surface area (Å²) in [4.78, 5) is 1.28. The Morgan fingerprint density at radius 3 is 2.47 bits per heavy atom. The maximum atomic E-state index is 9.94. The number of hydrogen-bond donors (Lipinski definition) is 1. The monoisotopic (exact) mass is 252 g/mol. The highest BCUT2D eigenvalue weighted by molar-refractivity contribution is 7.99. The van der Waals surface area contributed by atoms with E-state index >= 15 is 0 Å². The molecule has 0 radical (unpaired) electrons. The fourth-order valence-corrected chi connectivity index (χ4v) is 2.60. The van der Waals surface area contributed by atoms with Gasteiger partial charge in [-0.1, -0.05) is 39.0 Å². The maximum absolute atomic E-state index is 9.94. The second kappa shape index (κ2) is 6.46. The van der Waals surface area contributed by atoms with Gasteiger partial charge in [0.05, 0.1) is 6.10 Å². The van der Waals surface area contributed by atoms with Crippen LogP contribution in [0.15, 0.2) is 29.2 Å². The summed E-state index contributed by atoms with van der Waals surface area (Å²) in [6.07, 6.45) is 1.77. The molecule has 17 heavy (non-hydrogen) atoms. The third-order valence-corrected chi connectivity index (χ3v) is 4.07. The van der Waals surface area contributed by atoms with Gasteiger partial charge in [0.15, 0.2) is 0 Å². The Labute approximate surface area is 110 Å². The van der Waals surface area contributed by atoms with Crippen LogP contribution >= 0.6 is 11.8 Å². The fourth-order valence-electron chi connectivity index (χ4n) is 1.59. The Balaban J connectivity index is 2.34. The predicted molar refractivity (Wildman–Crippen MR) is 76.6 cm³/mol. The van der Waals surface area contributed by atoms with Gasteiger partial charge in [-0.2, -0.15) is 0 Å². The van der Waals surface area contributed by atoms with Gasteiger partial charge in [-0.05, 0) is 36.8 Å². The molecule has 0 aliphatic rings. The Bertz CT molecular complexity index is 341. The molecule has 0 saturated heterocycles. The molecule has 0 amide bonds. The number of hydrogen-bond acceptors (Lipinski definition) is 2. The first-order valence-corrected chi connectivity index (χ1v) is 7.23. The van der Waals surface area contributed by atoms with Crippen molar-refractivity contribution in [2.75, 3.05) is 5.75 Å². The Hall–Kier alpha value is -0.470. The topological polar surface area (TPSA) is 20.2 Å². The second-order valence-corrected chi connectivity index (χ2v) is 6.89. The molecule has 0 aromatic heterocycles. The van der Waals surface area contributed by atoms with Crippen LogP contribution < -0.4 is 0 Å². The van der Waals surface area contributed by atoms with Crippen LogP contribution in [0.1, 0.15) is 39.2 Å². The van der Waals surface area contributed by atoms with Crippen molar-refractivity contribution in [2.45, 2.75) is 51.5 Å². The van der Waals surface area contributed by atoms with Crippen molar-refractivity contribution < 1.29 is 5.11 Å². The molecule has 0 spiro atoms. The molecule has 2 heteroatoms. The van der Waals surface area contributed by atoms with Gasteiger partial charge in [-0.25, -0.2) is 0 Å². The van der Waals surface area contributed by atoms with E-state index in [9.17, 15) is 5.11 Å². The largest absolute Gasteiger partial charge is 0.392 e. The first-order valence-electron chi connectivity index (χ1n) is 6.25. The van der Waals surface area contributed by atoms with E-state index in [1.807, 2.05) is 0 Å². The second-order valence-electron chi connectivity index (χ2n) is 5.83. The van der Waals surface area contributed by atoms with Crippen LogP contribution in [0.2, 0.25) is 0 Å². The summed E-state index contributed by atoms with van der Waals surface area (Å²) >= 11 is 1.76. The molecule has 0 saturated carbocycles.